The van der Waals surface area contributed by atoms with Crippen molar-refractivity contribution in [1.29, 1.82) is 0 Å². The number of carbonyl (C=O) groups excluding carboxylic acids is 1. The molecule has 3 aromatic rings. The summed E-state index contributed by atoms with van der Waals surface area (Å²) in [7, 11) is 0. The molecule has 1 N–H and O–H groups in total. The SMILES string of the molecule is CC(=O)/C=C(/C)O.Cc1[c-]c(-c2nc3ccccc3cc2C)cc(C)c1.[Ir]. The number of rotatable bonds is 2. The summed E-state index contributed by atoms with van der Waals surface area (Å²) < 4.78 is 0. The first kappa shape index (κ1) is 22.7. The van der Waals surface area contributed by atoms with E-state index in [-0.39, 0.29) is 31.6 Å². The molecule has 0 saturated carbocycles. The van der Waals surface area contributed by atoms with Crippen molar-refractivity contribution in [2.45, 2.75) is 34.6 Å². The van der Waals surface area contributed by atoms with E-state index in [1.165, 1.54) is 36.4 Å². The summed E-state index contributed by atoms with van der Waals surface area (Å²) >= 11 is 0. The number of fused-ring (bicyclic) bond motifs is 1. The van der Waals surface area contributed by atoms with Crippen LogP contribution in [-0.2, 0) is 24.9 Å². The summed E-state index contributed by atoms with van der Waals surface area (Å²) in [5.41, 5.74) is 6.76. The van der Waals surface area contributed by atoms with Gasteiger partial charge in [0.2, 0.25) is 0 Å². The van der Waals surface area contributed by atoms with Crippen LogP contribution in [0.3, 0.4) is 0 Å². The predicted octanol–water partition coefficient (Wildman–Crippen LogP) is 5.66. The summed E-state index contributed by atoms with van der Waals surface area (Å²) in [5.74, 6) is -0.0625. The molecule has 0 saturated heterocycles. The normalized spacial score (nSPS) is 10.6. The molecule has 0 unspecified atom stereocenters. The number of aliphatic hydroxyl groups excluding tert-OH is 1. The van der Waals surface area contributed by atoms with E-state index < -0.39 is 0 Å². The fraction of sp³-hybridized carbons (Fsp3) is 0.217. The molecule has 0 atom stereocenters. The zero-order chi connectivity index (χ0) is 19.3. The smallest absolute Gasteiger partial charge is 0.155 e. The van der Waals surface area contributed by atoms with E-state index in [1.807, 2.05) is 12.1 Å². The summed E-state index contributed by atoms with van der Waals surface area (Å²) in [6.45, 7) is 9.15. The zero-order valence-corrected chi connectivity index (χ0v) is 18.6. The Balaban J connectivity index is 0.000000395. The van der Waals surface area contributed by atoms with Crippen molar-refractivity contribution in [3.63, 3.8) is 0 Å². The first-order valence-electron chi connectivity index (χ1n) is 8.51. The van der Waals surface area contributed by atoms with E-state index in [4.69, 9.17) is 10.1 Å². The Kier molecular flexibility index (Phi) is 8.55. The molecule has 1 aromatic heterocycles. The number of hydrogen-bond acceptors (Lipinski definition) is 3. The third-order valence-electron chi connectivity index (χ3n) is 3.73. The van der Waals surface area contributed by atoms with E-state index in [0.717, 1.165) is 22.3 Å². The van der Waals surface area contributed by atoms with Gasteiger partial charge in [0.15, 0.2) is 5.78 Å². The van der Waals surface area contributed by atoms with Crippen molar-refractivity contribution in [3.05, 3.63) is 77.1 Å². The molecule has 3 nitrogen and oxygen atoms in total. The number of aliphatic hydroxyl groups is 1. The van der Waals surface area contributed by atoms with E-state index in [2.05, 4.69) is 57.2 Å². The molecule has 27 heavy (non-hydrogen) atoms. The topological polar surface area (TPSA) is 50.2 Å². The van der Waals surface area contributed by atoms with Gasteiger partial charge in [0, 0.05) is 26.2 Å². The van der Waals surface area contributed by atoms with Crippen LogP contribution in [-0.4, -0.2) is 15.9 Å². The average molecular weight is 539 g/mol. The second-order valence-corrected chi connectivity index (χ2v) is 6.50. The molecule has 3 rings (SSSR count). The molecule has 0 aliphatic rings. The summed E-state index contributed by atoms with van der Waals surface area (Å²) in [5, 5.41) is 9.55. The number of carbonyl (C=O) groups is 1. The van der Waals surface area contributed by atoms with Gasteiger partial charge in [0.25, 0.3) is 0 Å². The van der Waals surface area contributed by atoms with Crippen molar-refractivity contribution >= 4 is 16.7 Å². The van der Waals surface area contributed by atoms with Gasteiger partial charge in [-0.15, -0.1) is 34.9 Å². The number of nitrogens with zero attached hydrogens (tertiary/aromatic N) is 1. The van der Waals surface area contributed by atoms with Gasteiger partial charge >= 0.3 is 0 Å². The molecule has 0 spiro atoms. The monoisotopic (exact) mass is 539 g/mol. The number of aromatic nitrogens is 1. The Bertz CT molecular complexity index is 953. The zero-order valence-electron chi connectivity index (χ0n) is 16.3. The van der Waals surface area contributed by atoms with Crippen LogP contribution in [0.1, 0.15) is 30.5 Å². The van der Waals surface area contributed by atoms with Crippen molar-refractivity contribution in [2.75, 3.05) is 0 Å². The molecule has 1 radical (unpaired) electrons. The number of allylic oxidation sites excluding steroid dienone is 2. The van der Waals surface area contributed by atoms with Crippen molar-refractivity contribution in [1.82, 2.24) is 4.98 Å². The van der Waals surface area contributed by atoms with Crippen LogP contribution in [0.5, 0.6) is 0 Å². The van der Waals surface area contributed by atoms with Gasteiger partial charge in [-0.3, -0.25) is 9.78 Å². The van der Waals surface area contributed by atoms with Gasteiger partial charge in [0.05, 0.1) is 11.3 Å². The maximum atomic E-state index is 10.0. The summed E-state index contributed by atoms with van der Waals surface area (Å²) in [6, 6.07) is 18.1. The van der Waals surface area contributed by atoms with Gasteiger partial charge in [-0.25, -0.2) is 0 Å². The molecule has 0 aliphatic carbocycles. The number of benzene rings is 2. The van der Waals surface area contributed by atoms with Crippen LogP contribution < -0.4 is 0 Å². The molecule has 143 valence electrons. The van der Waals surface area contributed by atoms with E-state index >= 15 is 0 Å². The van der Waals surface area contributed by atoms with Crippen LogP contribution in [0.25, 0.3) is 22.2 Å². The van der Waals surface area contributed by atoms with Crippen LogP contribution in [0.4, 0.5) is 0 Å². The molecule has 2 aromatic carbocycles. The Morgan fingerprint density at radius 2 is 1.74 bits per heavy atom. The molecular weight excluding hydrogens is 514 g/mol. The molecule has 0 bridgehead atoms. The third kappa shape index (κ3) is 6.74. The maximum Gasteiger partial charge on any atom is 0.155 e. The maximum absolute atomic E-state index is 10.0. The van der Waals surface area contributed by atoms with Gasteiger partial charge < -0.3 is 5.11 Å². The van der Waals surface area contributed by atoms with Crippen LogP contribution in [0.15, 0.2) is 54.3 Å². The van der Waals surface area contributed by atoms with Crippen LogP contribution >= 0.6 is 0 Å². The second kappa shape index (κ2) is 10.1. The van der Waals surface area contributed by atoms with Crippen LogP contribution in [0, 0.1) is 26.8 Å². The minimum absolute atomic E-state index is 0. The van der Waals surface area contributed by atoms with E-state index in [0.29, 0.717) is 0 Å². The molecule has 1 heterocycles. The largest absolute Gasteiger partial charge is 0.512 e. The van der Waals surface area contributed by atoms with Crippen molar-refractivity contribution < 1.29 is 30.0 Å². The summed E-state index contributed by atoms with van der Waals surface area (Å²) in [6.07, 6.45) is 1.17. The third-order valence-corrected chi connectivity index (χ3v) is 3.73. The first-order valence-corrected chi connectivity index (χ1v) is 8.51. The number of ketones is 1. The van der Waals surface area contributed by atoms with Crippen LogP contribution in [0.2, 0.25) is 0 Å². The number of pyridine rings is 1. The number of para-hydroxylation sites is 1. The number of aryl methyl sites for hydroxylation is 3. The van der Waals surface area contributed by atoms with Gasteiger partial charge in [-0.2, -0.15) is 0 Å². The van der Waals surface area contributed by atoms with Gasteiger partial charge in [-0.1, -0.05) is 43.7 Å². The average Bonchev–Trinajstić information content (AvgIpc) is 2.52. The molecule has 0 aliphatic heterocycles. The number of hydrogen-bond donors (Lipinski definition) is 1. The minimum atomic E-state index is -0.125. The fourth-order valence-electron chi connectivity index (χ4n) is 2.81. The van der Waals surface area contributed by atoms with E-state index in [9.17, 15) is 4.79 Å². The Hall–Kier alpha value is -2.29. The minimum Gasteiger partial charge on any atom is -0.512 e. The standard InChI is InChI=1S/C18H16N.C5H8O2.Ir/c1-12-8-13(2)10-16(9-12)18-14(3)11-15-6-4-5-7-17(15)19-18;1-4(6)3-5(2)7;/h4-9,11H,1-3H3;3,6H,1-2H3;/q-1;;/b;4-3-;. The van der Waals surface area contributed by atoms with E-state index in [1.54, 1.807) is 0 Å². The van der Waals surface area contributed by atoms with Gasteiger partial charge in [0.1, 0.15) is 0 Å². The van der Waals surface area contributed by atoms with Crippen molar-refractivity contribution in [3.8, 4) is 11.3 Å². The molecule has 0 fully saturated rings. The Morgan fingerprint density at radius 1 is 1.07 bits per heavy atom. The molecule has 0 amide bonds. The van der Waals surface area contributed by atoms with Gasteiger partial charge in [-0.05, 0) is 37.9 Å². The van der Waals surface area contributed by atoms with Crippen molar-refractivity contribution in [2.24, 2.45) is 0 Å². The predicted molar refractivity (Wildman–Crippen MR) is 107 cm³/mol. The first-order chi connectivity index (χ1) is 12.3. The summed E-state index contributed by atoms with van der Waals surface area (Å²) in [4.78, 5) is 14.8. The Labute approximate surface area is 174 Å². The fourth-order valence-corrected chi connectivity index (χ4v) is 2.81. The second-order valence-electron chi connectivity index (χ2n) is 6.50. The quantitative estimate of drug-likeness (QED) is 0.260. The molecular formula is C23H24IrNO2-. The molecule has 4 heteroatoms. The Morgan fingerprint density at radius 3 is 2.30 bits per heavy atom.